The van der Waals surface area contributed by atoms with Crippen LogP contribution in [-0.4, -0.2) is 61.5 Å². The molecule has 1 N–H and O–H groups in total. The zero-order chi connectivity index (χ0) is 13.3. The van der Waals surface area contributed by atoms with E-state index in [1.165, 1.54) is 19.3 Å². The standard InChI is InChI=1S/C15H27N3O.2ClH/c1-2-17-7-9-18(10-8-17)14(19)15-6-4-3-5-13(15)11-16-12-15;;/h13,16H,2-12H2,1H3;2*1H/t13-,15+;;/m0../s1. The van der Waals surface area contributed by atoms with E-state index in [1.807, 2.05) is 0 Å². The lowest BCUT2D eigenvalue weighted by atomic mass is 9.67. The largest absolute Gasteiger partial charge is 0.340 e. The second-order valence-corrected chi connectivity index (χ2v) is 6.46. The van der Waals surface area contributed by atoms with Crippen LogP contribution in [0.4, 0.5) is 0 Å². The number of carbonyl (C=O) groups is 1. The fourth-order valence-corrected chi connectivity index (χ4v) is 4.25. The van der Waals surface area contributed by atoms with Gasteiger partial charge in [0.05, 0.1) is 5.41 Å². The number of nitrogens with one attached hydrogen (secondary N) is 1. The molecule has 0 bridgehead atoms. The van der Waals surface area contributed by atoms with E-state index in [-0.39, 0.29) is 30.2 Å². The number of nitrogens with zero attached hydrogens (tertiary/aromatic N) is 2. The minimum Gasteiger partial charge on any atom is -0.340 e. The first-order valence-corrected chi connectivity index (χ1v) is 7.99. The highest BCUT2D eigenvalue weighted by Gasteiger charge is 2.51. The number of rotatable bonds is 2. The van der Waals surface area contributed by atoms with Gasteiger partial charge >= 0.3 is 0 Å². The maximum absolute atomic E-state index is 13.0. The summed E-state index contributed by atoms with van der Waals surface area (Å²) in [5, 5.41) is 3.49. The van der Waals surface area contributed by atoms with Gasteiger partial charge in [-0.15, -0.1) is 24.8 Å². The van der Waals surface area contributed by atoms with Gasteiger partial charge < -0.3 is 15.1 Å². The Kier molecular flexibility index (Phi) is 7.25. The van der Waals surface area contributed by atoms with Crippen molar-refractivity contribution in [1.29, 1.82) is 0 Å². The molecule has 6 heteroatoms. The monoisotopic (exact) mass is 337 g/mol. The first-order chi connectivity index (χ1) is 9.26. The maximum atomic E-state index is 13.0. The van der Waals surface area contributed by atoms with E-state index < -0.39 is 0 Å². The Labute approximate surface area is 140 Å². The Bertz CT molecular complexity index is 348. The molecule has 21 heavy (non-hydrogen) atoms. The lowest BCUT2D eigenvalue weighted by Crippen LogP contribution is -2.55. The molecule has 0 aromatic carbocycles. The van der Waals surface area contributed by atoms with Crippen LogP contribution in [-0.2, 0) is 4.79 Å². The van der Waals surface area contributed by atoms with Gasteiger partial charge in [0.25, 0.3) is 0 Å². The number of halogens is 2. The molecule has 0 aromatic rings. The maximum Gasteiger partial charge on any atom is 0.230 e. The Balaban J connectivity index is 0.00000110. The number of amides is 1. The quantitative estimate of drug-likeness (QED) is 0.834. The zero-order valence-electron chi connectivity index (χ0n) is 13.0. The van der Waals surface area contributed by atoms with E-state index in [0.717, 1.165) is 52.2 Å². The van der Waals surface area contributed by atoms with E-state index in [2.05, 4.69) is 22.0 Å². The molecule has 0 aromatic heterocycles. The first kappa shape index (κ1) is 19.0. The lowest BCUT2D eigenvalue weighted by Gasteiger charge is -2.43. The second-order valence-electron chi connectivity index (χ2n) is 6.46. The lowest BCUT2D eigenvalue weighted by molar-refractivity contribution is -0.147. The number of likely N-dealkylation sites (N-methyl/N-ethyl adjacent to an activating group) is 1. The molecule has 3 aliphatic rings. The van der Waals surface area contributed by atoms with Crippen molar-refractivity contribution >= 4 is 30.7 Å². The van der Waals surface area contributed by atoms with Gasteiger partial charge in [0.2, 0.25) is 5.91 Å². The van der Waals surface area contributed by atoms with Gasteiger partial charge in [-0.1, -0.05) is 19.8 Å². The third-order valence-electron chi connectivity index (χ3n) is 5.57. The SMILES string of the molecule is CCN1CCN(C(=O)[C@@]23CCCC[C@H]2CNC3)CC1.Cl.Cl. The van der Waals surface area contributed by atoms with Crippen molar-refractivity contribution in [3.63, 3.8) is 0 Å². The van der Waals surface area contributed by atoms with Crippen molar-refractivity contribution in [2.45, 2.75) is 32.6 Å². The Morgan fingerprint density at radius 1 is 1.19 bits per heavy atom. The van der Waals surface area contributed by atoms with Crippen LogP contribution in [0.5, 0.6) is 0 Å². The van der Waals surface area contributed by atoms with Crippen molar-refractivity contribution in [2.24, 2.45) is 11.3 Å². The van der Waals surface area contributed by atoms with Gasteiger partial charge in [-0.25, -0.2) is 0 Å². The Hall–Kier alpha value is -0.0300. The molecule has 1 amide bonds. The summed E-state index contributed by atoms with van der Waals surface area (Å²) in [6.07, 6.45) is 4.90. The van der Waals surface area contributed by atoms with Crippen molar-refractivity contribution < 1.29 is 4.79 Å². The molecular formula is C15H29Cl2N3O. The summed E-state index contributed by atoms with van der Waals surface area (Å²) in [5.74, 6) is 1.05. The highest BCUT2D eigenvalue weighted by Crippen LogP contribution is 2.45. The van der Waals surface area contributed by atoms with Gasteiger partial charge in [0.15, 0.2) is 0 Å². The molecule has 2 aliphatic heterocycles. The summed E-state index contributed by atoms with van der Waals surface area (Å²) in [6.45, 7) is 9.26. The molecule has 4 nitrogen and oxygen atoms in total. The van der Waals surface area contributed by atoms with Crippen molar-refractivity contribution in [1.82, 2.24) is 15.1 Å². The predicted octanol–water partition coefficient (Wildman–Crippen LogP) is 1.77. The van der Waals surface area contributed by atoms with Crippen LogP contribution in [0.1, 0.15) is 32.6 Å². The van der Waals surface area contributed by atoms with Crippen LogP contribution < -0.4 is 5.32 Å². The first-order valence-electron chi connectivity index (χ1n) is 7.99. The molecule has 2 atom stereocenters. The minimum atomic E-state index is -0.0490. The Morgan fingerprint density at radius 3 is 2.57 bits per heavy atom. The highest BCUT2D eigenvalue weighted by atomic mass is 35.5. The van der Waals surface area contributed by atoms with E-state index in [1.54, 1.807) is 0 Å². The molecule has 1 aliphatic carbocycles. The van der Waals surface area contributed by atoms with Gasteiger partial charge in [0.1, 0.15) is 0 Å². The van der Waals surface area contributed by atoms with E-state index >= 15 is 0 Å². The molecule has 0 spiro atoms. The molecule has 3 fully saturated rings. The van der Waals surface area contributed by atoms with E-state index in [9.17, 15) is 4.79 Å². The van der Waals surface area contributed by atoms with E-state index in [4.69, 9.17) is 0 Å². The smallest absolute Gasteiger partial charge is 0.230 e. The van der Waals surface area contributed by atoms with Crippen LogP contribution >= 0.6 is 24.8 Å². The molecule has 0 unspecified atom stereocenters. The van der Waals surface area contributed by atoms with Gasteiger partial charge in [-0.05, 0) is 31.8 Å². The Morgan fingerprint density at radius 2 is 1.90 bits per heavy atom. The second kappa shape index (κ2) is 8.00. The van der Waals surface area contributed by atoms with Gasteiger partial charge in [0, 0.05) is 32.7 Å². The third kappa shape index (κ3) is 3.49. The van der Waals surface area contributed by atoms with Crippen LogP contribution in [0.25, 0.3) is 0 Å². The average molecular weight is 338 g/mol. The van der Waals surface area contributed by atoms with Crippen molar-refractivity contribution in [2.75, 3.05) is 45.8 Å². The highest BCUT2D eigenvalue weighted by molar-refractivity contribution is 5.85. The minimum absolute atomic E-state index is 0. The number of fused-ring (bicyclic) bond motifs is 1. The molecule has 0 radical (unpaired) electrons. The predicted molar refractivity (Wildman–Crippen MR) is 90.5 cm³/mol. The third-order valence-corrected chi connectivity index (χ3v) is 5.57. The van der Waals surface area contributed by atoms with Crippen molar-refractivity contribution in [3.05, 3.63) is 0 Å². The summed E-state index contributed by atoms with van der Waals surface area (Å²) in [6, 6.07) is 0. The molecular weight excluding hydrogens is 309 g/mol. The number of piperazine rings is 1. The van der Waals surface area contributed by atoms with Gasteiger partial charge in [-0.3, -0.25) is 4.79 Å². The van der Waals surface area contributed by atoms with Crippen LogP contribution in [0, 0.1) is 11.3 Å². The topological polar surface area (TPSA) is 35.6 Å². The van der Waals surface area contributed by atoms with Crippen LogP contribution in [0.3, 0.4) is 0 Å². The summed E-state index contributed by atoms with van der Waals surface area (Å²) in [5.41, 5.74) is -0.0490. The fraction of sp³-hybridized carbons (Fsp3) is 0.933. The molecule has 1 saturated carbocycles. The normalized spacial score (nSPS) is 32.8. The van der Waals surface area contributed by atoms with E-state index in [0.29, 0.717) is 11.8 Å². The van der Waals surface area contributed by atoms with Crippen LogP contribution in [0.15, 0.2) is 0 Å². The fourth-order valence-electron chi connectivity index (χ4n) is 4.25. The van der Waals surface area contributed by atoms with Crippen molar-refractivity contribution in [3.8, 4) is 0 Å². The number of hydrogen-bond donors (Lipinski definition) is 1. The summed E-state index contributed by atoms with van der Waals surface area (Å²) < 4.78 is 0. The summed E-state index contributed by atoms with van der Waals surface area (Å²) in [7, 11) is 0. The number of carbonyl (C=O) groups excluding carboxylic acids is 1. The zero-order valence-corrected chi connectivity index (χ0v) is 14.6. The number of hydrogen-bond acceptors (Lipinski definition) is 3. The molecule has 3 rings (SSSR count). The average Bonchev–Trinajstić information content (AvgIpc) is 2.91. The molecule has 2 heterocycles. The summed E-state index contributed by atoms with van der Waals surface area (Å²) in [4.78, 5) is 17.6. The van der Waals surface area contributed by atoms with Crippen LogP contribution in [0.2, 0.25) is 0 Å². The van der Waals surface area contributed by atoms with Gasteiger partial charge in [-0.2, -0.15) is 0 Å². The molecule has 2 saturated heterocycles. The summed E-state index contributed by atoms with van der Waals surface area (Å²) >= 11 is 0. The molecule has 124 valence electrons.